The number of hydrogen-bond acceptors (Lipinski definition) is 9. The molecule has 1 aliphatic heterocycles. The van der Waals surface area contributed by atoms with Crippen molar-refractivity contribution >= 4 is 16.5 Å². The van der Waals surface area contributed by atoms with Crippen LogP contribution in [-0.4, -0.2) is 46.2 Å². The molecule has 0 radical (unpaired) electrons. The van der Waals surface area contributed by atoms with E-state index < -0.39 is 18.6 Å². The van der Waals surface area contributed by atoms with Gasteiger partial charge in [0, 0.05) is 37.0 Å². The van der Waals surface area contributed by atoms with E-state index >= 15 is 0 Å². The molecule has 11 heteroatoms. The molecule has 4 rings (SSSR count). The van der Waals surface area contributed by atoms with Crippen molar-refractivity contribution < 1.29 is 13.5 Å². The number of aromatic nitrogens is 4. The molecule has 0 bridgehead atoms. The van der Waals surface area contributed by atoms with Crippen molar-refractivity contribution in [1.82, 2.24) is 30.8 Å². The van der Waals surface area contributed by atoms with Crippen molar-refractivity contribution in [3.63, 3.8) is 0 Å². The maximum absolute atomic E-state index is 13.0. The number of alkyl halides is 2. The van der Waals surface area contributed by atoms with Crippen LogP contribution in [0, 0.1) is 13.8 Å². The van der Waals surface area contributed by atoms with E-state index in [9.17, 15) is 8.78 Å². The number of benzene rings is 1. The molecule has 1 aromatic carbocycles. The Labute approximate surface area is 201 Å². The van der Waals surface area contributed by atoms with Crippen molar-refractivity contribution in [2.24, 2.45) is 0 Å². The summed E-state index contributed by atoms with van der Waals surface area (Å²) in [5.41, 5.74) is 10.3. The quantitative estimate of drug-likeness (QED) is 0.462. The number of nitrogens with two attached hydrogens (primary N) is 1. The average molecular weight is 490 g/mol. The lowest BCUT2D eigenvalue weighted by atomic mass is 9.90. The second-order valence-electron chi connectivity index (χ2n) is 8.82. The van der Waals surface area contributed by atoms with Gasteiger partial charge < -0.3 is 21.1 Å². The SMILES string of the molecule is Cc1cc(-c2nnc(N)s2)c(C)c2c1OC(CNCC(F)F)(c1ncncc1C(C)C)CNC2. The first-order chi connectivity index (χ1) is 16.2. The zero-order valence-electron chi connectivity index (χ0n) is 19.7. The maximum Gasteiger partial charge on any atom is 0.250 e. The summed E-state index contributed by atoms with van der Waals surface area (Å²) in [7, 11) is 0. The summed E-state index contributed by atoms with van der Waals surface area (Å²) >= 11 is 1.33. The predicted octanol–water partition coefficient (Wildman–Crippen LogP) is 3.55. The van der Waals surface area contributed by atoms with Gasteiger partial charge in [0.05, 0.1) is 12.2 Å². The van der Waals surface area contributed by atoms with Gasteiger partial charge in [-0.2, -0.15) is 0 Å². The molecule has 4 N–H and O–H groups in total. The molecular weight excluding hydrogens is 460 g/mol. The number of anilines is 1. The summed E-state index contributed by atoms with van der Waals surface area (Å²) in [5.74, 6) is 0.846. The molecule has 0 saturated carbocycles. The molecule has 1 aliphatic rings. The van der Waals surface area contributed by atoms with E-state index in [4.69, 9.17) is 10.5 Å². The highest BCUT2D eigenvalue weighted by Gasteiger charge is 2.41. The Morgan fingerprint density at radius 2 is 2.09 bits per heavy atom. The Balaban J connectivity index is 1.83. The summed E-state index contributed by atoms with van der Waals surface area (Å²) in [5, 5.41) is 15.7. The van der Waals surface area contributed by atoms with Crippen LogP contribution < -0.4 is 21.1 Å². The van der Waals surface area contributed by atoms with Gasteiger partial charge in [-0.15, -0.1) is 10.2 Å². The largest absolute Gasteiger partial charge is 0.478 e. The molecule has 182 valence electrons. The van der Waals surface area contributed by atoms with Gasteiger partial charge in [0.25, 0.3) is 6.43 Å². The second kappa shape index (κ2) is 9.85. The van der Waals surface area contributed by atoms with Crippen molar-refractivity contribution in [3.05, 3.63) is 46.5 Å². The van der Waals surface area contributed by atoms with Crippen LogP contribution in [0.2, 0.25) is 0 Å². The Morgan fingerprint density at radius 3 is 2.76 bits per heavy atom. The molecular formula is C23H29F2N7OS. The fourth-order valence-corrected chi connectivity index (χ4v) is 5.03. The molecule has 0 fully saturated rings. The van der Waals surface area contributed by atoms with Crippen molar-refractivity contribution in [1.29, 1.82) is 0 Å². The minimum absolute atomic E-state index is 0.127. The van der Waals surface area contributed by atoms with Crippen molar-refractivity contribution in [2.45, 2.75) is 52.2 Å². The van der Waals surface area contributed by atoms with Crippen LogP contribution in [0.4, 0.5) is 13.9 Å². The smallest absolute Gasteiger partial charge is 0.250 e. The number of halogens is 2. The first kappa shape index (κ1) is 24.4. The van der Waals surface area contributed by atoms with Gasteiger partial charge in [0.1, 0.15) is 17.1 Å². The van der Waals surface area contributed by atoms with E-state index in [1.807, 2.05) is 19.9 Å². The number of rotatable bonds is 7. The molecule has 0 aliphatic carbocycles. The summed E-state index contributed by atoms with van der Waals surface area (Å²) in [6, 6.07) is 2.01. The highest BCUT2D eigenvalue weighted by Crippen LogP contribution is 2.41. The van der Waals surface area contributed by atoms with Crippen molar-refractivity contribution in [2.75, 3.05) is 25.4 Å². The first-order valence-corrected chi connectivity index (χ1v) is 11.9. The van der Waals surface area contributed by atoms with Gasteiger partial charge in [-0.1, -0.05) is 25.2 Å². The van der Waals surface area contributed by atoms with Gasteiger partial charge in [-0.25, -0.2) is 18.7 Å². The molecule has 8 nitrogen and oxygen atoms in total. The van der Waals surface area contributed by atoms with Crippen LogP contribution in [0.1, 0.15) is 47.7 Å². The Bertz CT molecular complexity index is 1170. The molecule has 1 atom stereocenters. The molecule has 0 amide bonds. The van der Waals surface area contributed by atoms with E-state index in [1.165, 1.54) is 17.7 Å². The number of fused-ring (bicyclic) bond motifs is 1. The lowest BCUT2D eigenvalue weighted by Gasteiger charge is -2.35. The fourth-order valence-electron chi connectivity index (χ4n) is 4.34. The van der Waals surface area contributed by atoms with E-state index in [0.717, 1.165) is 38.6 Å². The second-order valence-corrected chi connectivity index (χ2v) is 9.83. The Morgan fingerprint density at radius 1 is 1.29 bits per heavy atom. The number of nitrogens with zero attached hydrogens (tertiary/aromatic N) is 4. The summed E-state index contributed by atoms with van der Waals surface area (Å²) < 4.78 is 32.8. The third-order valence-electron chi connectivity index (χ3n) is 6.03. The van der Waals surface area contributed by atoms with E-state index in [0.29, 0.717) is 23.9 Å². The van der Waals surface area contributed by atoms with Crippen LogP contribution in [-0.2, 0) is 12.1 Å². The minimum atomic E-state index is -2.47. The Kier molecular flexibility index (Phi) is 7.06. The number of nitrogens with one attached hydrogen (secondary N) is 2. The normalized spacial score (nSPS) is 18.1. The molecule has 0 spiro atoms. The van der Waals surface area contributed by atoms with E-state index in [1.54, 1.807) is 6.20 Å². The summed E-state index contributed by atoms with van der Waals surface area (Å²) in [6.07, 6.45) is 0.786. The zero-order chi connectivity index (χ0) is 24.5. The average Bonchev–Trinajstić information content (AvgIpc) is 3.12. The van der Waals surface area contributed by atoms with E-state index in [2.05, 4.69) is 44.6 Å². The number of aryl methyl sites for hydroxylation is 1. The van der Waals surface area contributed by atoms with Crippen molar-refractivity contribution in [3.8, 4) is 16.3 Å². The number of hydrogen-bond donors (Lipinski definition) is 3. The van der Waals surface area contributed by atoms with Crippen LogP contribution in [0.3, 0.4) is 0 Å². The van der Waals surface area contributed by atoms with Crippen LogP contribution >= 0.6 is 11.3 Å². The molecule has 34 heavy (non-hydrogen) atoms. The van der Waals surface area contributed by atoms with Crippen LogP contribution in [0.5, 0.6) is 5.75 Å². The number of nitrogen functional groups attached to an aromatic ring is 1. The molecule has 3 aromatic rings. The Hall–Kier alpha value is -2.76. The monoisotopic (exact) mass is 489 g/mol. The van der Waals surface area contributed by atoms with Gasteiger partial charge >= 0.3 is 0 Å². The topological polar surface area (TPSA) is 111 Å². The zero-order valence-corrected chi connectivity index (χ0v) is 20.5. The standard InChI is InChI=1S/C23H29F2N7OS/c1-12(2)16-6-29-11-30-20(16)23(10-28-8-18(24)25)9-27-7-17-14(4)15(5-13(3)19(17)33-23)21-31-32-22(26)34-21/h5-6,11-12,18,27-28H,7-10H2,1-4H3,(H2,26,32). The lowest BCUT2D eigenvalue weighted by molar-refractivity contribution is 0.0567. The minimum Gasteiger partial charge on any atom is -0.478 e. The predicted molar refractivity (Wildman–Crippen MR) is 128 cm³/mol. The summed E-state index contributed by atoms with van der Waals surface area (Å²) in [4.78, 5) is 8.79. The maximum atomic E-state index is 13.0. The third kappa shape index (κ3) is 4.73. The molecule has 2 aromatic heterocycles. The fraction of sp³-hybridized carbons (Fsp3) is 0.478. The van der Waals surface area contributed by atoms with Crippen LogP contribution in [0.25, 0.3) is 10.6 Å². The lowest BCUT2D eigenvalue weighted by Crippen LogP contribution is -2.51. The highest BCUT2D eigenvalue weighted by molar-refractivity contribution is 7.18. The molecule has 3 heterocycles. The van der Waals surface area contributed by atoms with E-state index in [-0.39, 0.29) is 12.5 Å². The van der Waals surface area contributed by atoms with Gasteiger partial charge in [-0.3, -0.25) is 0 Å². The highest BCUT2D eigenvalue weighted by atomic mass is 32.1. The summed E-state index contributed by atoms with van der Waals surface area (Å²) in [6.45, 7) is 8.74. The van der Waals surface area contributed by atoms with Gasteiger partial charge in [-0.05, 0) is 42.5 Å². The molecule has 1 unspecified atom stereocenters. The van der Waals surface area contributed by atoms with Gasteiger partial charge in [0.15, 0.2) is 5.60 Å². The number of ether oxygens (including phenoxy) is 1. The molecule has 0 saturated heterocycles. The van der Waals surface area contributed by atoms with Crippen LogP contribution in [0.15, 0.2) is 18.6 Å². The first-order valence-electron chi connectivity index (χ1n) is 11.1. The third-order valence-corrected chi connectivity index (χ3v) is 6.82. The van der Waals surface area contributed by atoms with Gasteiger partial charge in [0.2, 0.25) is 5.13 Å².